The van der Waals surface area contributed by atoms with Gasteiger partial charge < -0.3 is 10.7 Å². The van der Waals surface area contributed by atoms with E-state index in [-0.39, 0.29) is 0 Å². The molecule has 5 nitrogen and oxygen atoms in total. The summed E-state index contributed by atoms with van der Waals surface area (Å²) >= 11 is 0. The predicted molar refractivity (Wildman–Crippen MR) is 86.3 cm³/mol. The molecule has 1 aliphatic carbocycles. The van der Waals surface area contributed by atoms with Crippen LogP contribution in [0.15, 0.2) is 36.7 Å². The third-order valence-electron chi connectivity index (χ3n) is 4.49. The van der Waals surface area contributed by atoms with Gasteiger partial charge in [-0.05, 0) is 25.7 Å². The highest BCUT2D eigenvalue weighted by Gasteiger charge is 2.24. The molecule has 0 bridgehead atoms. The zero-order chi connectivity index (χ0) is 14.9. The van der Waals surface area contributed by atoms with E-state index >= 15 is 0 Å². The van der Waals surface area contributed by atoms with Gasteiger partial charge in [-0.25, -0.2) is 15.0 Å². The van der Waals surface area contributed by atoms with Crippen LogP contribution in [-0.2, 0) is 0 Å². The van der Waals surface area contributed by atoms with E-state index in [2.05, 4.69) is 27.1 Å². The highest BCUT2D eigenvalue weighted by Crippen LogP contribution is 2.33. The molecule has 0 atom stereocenters. The van der Waals surface area contributed by atoms with Crippen molar-refractivity contribution < 1.29 is 0 Å². The van der Waals surface area contributed by atoms with Crippen LogP contribution in [0, 0.1) is 0 Å². The maximum atomic E-state index is 6.01. The van der Waals surface area contributed by atoms with Gasteiger partial charge in [0.25, 0.3) is 0 Å². The lowest BCUT2D eigenvalue weighted by atomic mass is 9.86. The Morgan fingerprint density at radius 3 is 2.55 bits per heavy atom. The number of nitrogens with zero attached hydrogens (tertiary/aromatic N) is 3. The summed E-state index contributed by atoms with van der Waals surface area (Å²) in [6.07, 6.45) is 5.91. The monoisotopic (exact) mass is 293 g/mol. The summed E-state index contributed by atoms with van der Waals surface area (Å²) < 4.78 is 0. The van der Waals surface area contributed by atoms with E-state index in [4.69, 9.17) is 10.7 Å². The molecule has 1 fully saturated rings. The molecular weight excluding hydrogens is 274 g/mol. The van der Waals surface area contributed by atoms with E-state index in [1.54, 1.807) is 6.33 Å². The molecule has 2 aromatic heterocycles. The SMILES string of the molecule is NC1CCC(c2nc(-c3ccccc3)c3[nH]cnc3n2)CC1. The van der Waals surface area contributed by atoms with E-state index in [1.165, 1.54) is 0 Å². The Morgan fingerprint density at radius 1 is 1.00 bits per heavy atom. The lowest BCUT2D eigenvalue weighted by molar-refractivity contribution is 0.385. The number of nitrogens with two attached hydrogens (primary N) is 1. The average molecular weight is 293 g/mol. The van der Waals surface area contributed by atoms with E-state index in [0.717, 1.165) is 53.9 Å². The number of fused-ring (bicyclic) bond motifs is 1. The van der Waals surface area contributed by atoms with E-state index < -0.39 is 0 Å². The molecular formula is C17H19N5. The zero-order valence-electron chi connectivity index (χ0n) is 12.4. The summed E-state index contributed by atoms with van der Waals surface area (Å²) in [5, 5.41) is 0. The van der Waals surface area contributed by atoms with Gasteiger partial charge >= 0.3 is 0 Å². The molecule has 112 valence electrons. The predicted octanol–water partition coefficient (Wildman–Crippen LogP) is 3.00. The molecule has 1 aliphatic rings. The van der Waals surface area contributed by atoms with Gasteiger partial charge in [-0.15, -0.1) is 0 Å². The van der Waals surface area contributed by atoms with Gasteiger partial charge in [0.15, 0.2) is 5.65 Å². The minimum Gasteiger partial charge on any atom is -0.341 e. The number of imidazole rings is 1. The topological polar surface area (TPSA) is 80.5 Å². The number of aromatic nitrogens is 4. The Bertz CT molecular complexity index is 772. The molecule has 1 aromatic carbocycles. The fourth-order valence-electron chi connectivity index (χ4n) is 3.21. The minimum absolute atomic E-state index is 0.332. The van der Waals surface area contributed by atoms with Crippen molar-refractivity contribution in [1.82, 2.24) is 19.9 Å². The molecule has 0 radical (unpaired) electrons. The summed E-state index contributed by atoms with van der Waals surface area (Å²) in [4.78, 5) is 17.1. The first kappa shape index (κ1) is 13.4. The van der Waals surface area contributed by atoms with E-state index in [9.17, 15) is 0 Å². The first-order valence-electron chi connectivity index (χ1n) is 7.83. The zero-order valence-corrected chi connectivity index (χ0v) is 12.4. The largest absolute Gasteiger partial charge is 0.341 e. The fourth-order valence-corrected chi connectivity index (χ4v) is 3.21. The standard InChI is InChI=1S/C17H19N5/c18-13-8-6-12(7-9-13)16-21-14(11-4-2-1-3-5-11)15-17(22-16)20-10-19-15/h1-5,10,12-13H,6-9,18H2,(H,19,20,21,22). The molecule has 0 spiro atoms. The van der Waals surface area contributed by atoms with Crippen LogP contribution in [0.3, 0.4) is 0 Å². The number of benzene rings is 1. The number of H-pyrrole nitrogens is 1. The first-order chi connectivity index (χ1) is 10.8. The Morgan fingerprint density at radius 2 is 1.77 bits per heavy atom. The smallest absolute Gasteiger partial charge is 0.181 e. The molecule has 0 aliphatic heterocycles. The lowest BCUT2D eigenvalue weighted by Gasteiger charge is -2.25. The summed E-state index contributed by atoms with van der Waals surface area (Å²) in [6, 6.07) is 10.5. The molecule has 0 unspecified atom stereocenters. The van der Waals surface area contributed by atoms with Crippen molar-refractivity contribution in [2.24, 2.45) is 5.73 Å². The summed E-state index contributed by atoms with van der Waals surface area (Å²) in [7, 11) is 0. The van der Waals surface area contributed by atoms with Crippen LogP contribution in [0.2, 0.25) is 0 Å². The maximum absolute atomic E-state index is 6.01. The molecule has 3 N–H and O–H groups in total. The van der Waals surface area contributed by atoms with Crippen LogP contribution in [0.25, 0.3) is 22.4 Å². The van der Waals surface area contributed by atoms with Crippen molar-refractivity contribution in [1.29, 1.82) is 0 Å². The minimum atomic E-state index is 0.332. The van der Waals surface area contributed by atoms with Gasteiger partial charge in [-0.2, -0.15) is 0 Å². The normalized spacial score (nSPS) is 22.0. The number of hydrogen-bond acceptors (Lipinski definition) is 4. The third-order valence-corrected chi connectivity index (χ3v) is 4.49. The fraction of sp³-hybridized carbons (Fsp3) is 0.353. The Hall–Kier alpha value is -2.27. The van der Waals surface area contributed by atoms with Crippen molar-refractivity contribution in [3.8, 4) is 11.3 Å². The van der Waals surface area contributed by atoms with Crippen molar-refractivity contribution in [2.75, 3.05) is 0 Å². The maximum Gasteiger partial charge on any atom is 0.181 e. The first-order valence-corrected chi connectivity index (χ1v) is 7.83. The van der Waals surface area contributed by atoms with Gasteiger partial charge in [-0.1, -0.05) is 30.3 Å². The number of rotatable bonds is 2. The summed E-state index contributed by atoms with van der Waals surface area (Å²) in [5.41, 5.74) is 9.69. The second-order valence-electron chi connectivity index (χ2n) is 6.01. The second-order valence-corrected chi connectivity index (χ2v) is 6.01. The third kappa shape index (κ3) is 2.37. The van der Waals surface area contributed by atoms with Gasteiger partial charge in [0.2, 0.25) is 0 Å². The molecule has 3 aromatic rings. The molecule has 0 saturated heterocycles. The highest BCUT2D eigenvalue weighted by atomic mass is 15.0. The molecule has 1 saturated carbocycles. The van der Waals surface area contributed by atoms with Gasteiger partial charge in [0, 0.05) is 17.5 Å². The van der Waals surface area contributed by atoms with E-state index in [0.29, 0.717) is 12.0 Å². The Labute approximate surface area is 129 Å². The van der Waals surface area contributed by atoms with Crippen LogP contribution in [0.4, 0.5) is 0 Å². The summed E-state index contributed by atoms with van der Waals surface area (Å²) in [6.45, 7) is 0. The highest BCUT2D eigenvalue weighted by molar-refractivity contribution is 5.86. The Kier molecular flexibility index (Phi) is 3.35. The quantitative estimate of drug-likeness (QED) is 0.761. The molecule has 5 heteroatoms. The van der Waals surface area contributed by atoms with E-state index in [1.807, 2.05) is 18.2 Å². The van der Waals surface area contributed by atoms with Crippen LogP contribution >= 0.6 is 0 Å². The van der Waals surface area contributed by atoms with Crippen LogP contribution in [-0.4, -0.2) is 26.0 Å². The summed E-state index contributed by atoms with van der Waals surface area (Å²) in [5.74, 6) is 1.30. The van der Waals surface area contributed by atoms with Crippen molar-refractivity contribution >= 4 is 11.2 Å². The molecule has 0 amide bonds. The molecule has 4 rings (SSSR count). The molecule has 22 heavy (non-hydrogen) atoms. The van der Waals surface area contributed by atoms with Gasteiger partial charge in [-0.3, -0.25) is 0 Å². The number of aromatic amines is 1. The van der Waals surface area contributed by atoms with Crippen LogP contribution < -0.4 is 5.73 Å². The second kappa shape index (κ2) is 5.50. The van der Waals surface area contributed by atoms with Crippen molar-refractivity contribution in [2.45, 2.75) is 37.6 Å². The van der Waals surface area contributed by atoms with Crippen LogP contribution in [0.1, 0.15) is 37.4 Å². The lowest BCUT2D eigenvalue weighted by Crippen LogP contribution is -2.26. The van der Waals surface area contributed by atoms with Gasteiger partial charge in [0.1, 0.15) is 11.3 Å². The number of hydrogen-bond donors (Lipinski definition) is 2. The Balaban J connectivity index is 1.80. The molecule has 2 heterocycles. The average Bonchev–Trinajstić information content (AvgIpc) is 3.04. The van der Waals surface area contributed by atoms with Crippen molar-refractivity contribution in [3.05, 3.63) is 42.5 Å². The van der Waals surface area contributed by atoms with Gasteiger partial charge in [0.05, 0.1) is 12.0 Å². The van der Waals surface area contributed by atoms with Crippen LogP contribution in [0.5, 0.6) is 0 Å². The van der Waals surface area contributed by atoms with Crippen molar-refractivity contribution in [3.63, 3.8) is 0 Å². The number of nitrogens with one attached hydrogen (secondary N) is 1.